The number of methoxy groups -OCH3 is 1. The fourth-order valence-corrected chi connectivity index (χ4v) is 2.10. The molecule has 6 heteroatoms. The van der Waals surface area contributed by atoms with E-state index in [1.165, 1.54) is 6.92 Å². The second-order valence-corrected chi connectivity index (χ2v) is 5.08. The van der Waals surface area contributed by atoms with Crippen molar-refractivity contribution < 1.29 is 22.6 Å². The smallest absolute Gasteiger partial charge is 0.392 e. The Labute approximate surface area is 116 Å². The molecular formula is C14H18F3NO2. The normalized spacial score (nSPS) is 18.4. The number of rotatable bonds is 5. The Morgan fingerprint density at radius 2 is 1.95 bits per heavy atom. The van der Waals surface area contributed by atoms with Gasteiger partial charge in [-0.15, -0.1) is 0 Å². The van der Waals surface area contributed by atoms with E-state index >= 15 is 0 Å². The van der Waals surface area contributed by atoms with Crippen LogP contribution < -0.4 is 9.47 Å². The average molecular weight is 289 g/mol. The number of hydrogen-bond donors (Lipinski definition) is 0. The quantitative estimate of drug-likeness (QED) is 0.832. The van der Waals surface area contributed by atoms with Crippen LogP contribution in [0.25, 0.3) is 0 Å². The van der Waals surface area contributed by atoms with Gasteiger partial charge in [-0.05, 0) is 12.1 Å². The van der Waals surface area contributed by atoms with Crippen LogP contribution in [0.15, 0.2) is 24.3 Å². The van der Waals surface area contributed by atoms with Crippen LogP contribution in [0.4, 0.5) is 13.2 Å². The molecule has 0 aliphatic carbocycles. The molecule has 1 aromatic rings. The van der Waals surface area contributed by atoms with E-state index in [2.05, 4.69) is 0 Å². The molecule has 20 heavy (non-hydrogen) atoms. The third kappa shape index (κ3) is 3.79. The molecule has 0 spiro atoms. The van der Waals surface area contributed by atoms with Crippen LogP contribution in [0.3, 0.4) is 0 Å². The van der Waals surface area contributed by atoms with Crippen molar-refractivity contribution in [1.29, 1.82) is 0 Å². The maximum absolute atomic E-state index is 12.4. The van der Waals surface area contributed by atoms with Crippen LogP contribution in [0.2, 0.25) is 0 Å². The Hall–Kier alpha value is -1.43. The number of likely N-dealkylation sites (tertiary alicyclic amines) is 1. The first-order chi connectivity index (χ1) is 9.38. The zero-order chi connectivity index (χ0) is 14.8. The van der Waals surface area contributed by atoms with Gasteiger partial charge in [0, 0.05) is 25.7 Å². The van der Waals surface area contributed by atoms with Crippen molar-refractivity contribution in [3.8, 4) is 11.5 Å². The summed E-state index contributed by atoms with van der Waals surface area (Å²) in [5.41, 5.74) is 0. The Kier molecular flexibility index (Phi) is 4.42. The van der Waals surface area contributed by atoms with Crippen molar-refractivity contribution in [1.82, 2.24) is 4.90 Å². The van der Waals surface area contributed by atoms with Gasteiger partial charge in [-0.3, -0.25) is 4.90 Å². The molecule has 1 saturated heterocycles. The average Bonchev–Trinajstić information content (AvgIpc) is 2.35. The van der Waals surface area contributed by atoms with Crippen LogP contribution in [0.5, 0.6) is 11.5 Å². The molecule has 0 saturated carbocycles. The van der Waals surface area contributed by atoms with E-state index in [1.807, 2.05) is 18.2 Å². The molecule has 1 aliphatic heterocycles. The minimum Gasteiger partial charge on any atom is -0.497 e. The summed E-state index contributed by atoms with van der Waals surface area (Å²) in [6, 6.07) is 7.20. The maximum atomic E-state index is 12.4. The zero-order valence-corrected chi connectivity index (χ0v) is 11.5. The van der Waals surface area contributed by atoms with Gasteiger partial charge < -0.3 is 9.47 Å². The molecule has 0 bridgehead atoms. The van der Waals surface area contributed by atoms with E-state index in [0.29, 0.717) is 24.6 Å². The van der Waals surface area contributed by atoms with E-state index in [0.717, 1.165) is 0 Å². The van der Waals surface area contributed by atoms with Crippen molar-refractivity contribution in [2.75, 3.05) is 26.7 Å². The van der Waals surface area contributed by atoms with Crippen LogP contribution >= 0.6 is 0 Å². The molecule has 0 aromatic heterocycles. The number of halogens is 3. The first-order valence-electron chi connectivity index (χ1n) is 6.48. The molecule has 3 nitrogen and oxygen atoms in total. The zero-order valence-electron chi connectivity index (χ0n) is 11.5. The monoisotopic (exact) mass is 289 g/mol. The largest absolute Gasteiger partial charge is 0.497 e. The second-order valence-electron chi connectivity index (χ2n) is 5.08. The Bertz CT molecular complexity index is 444. The predicted octanol–water partition coefficient (Wildman–Crippen LogP) is 2.96. The van der Waals surface area contributed by atoms with Crippen molar-refractivity contribution in [2.24, 2.45) is 5.92 Å². The second kappa shape index (κ2) is 5.91. The third-order valence-corrected chi connectivity index (χ3v) is 3.36. The van der Waals surface area contributed by atoms with E-state index in [9.17, 15) is 13.2 Å². The molecule has 1 aromatic carbocycles. The molecule has 112 valence electrons. The van der Waals surface area contributed by atoms with Crippen LogP contribution in [0.1, 0.15) is 6.92 Å². The van der Waals surface area contributed by atoms with Gasteiger partial charge in [-0.1, -0.05) is 13.0 Å². The van der Waals surface area contributed by atoms with Gasteiger partial charge in [0.25, 0.3) is 0 Å². The molecule has 2 rings (SSSR count). The molecule has 1 fully saturated rings. The SMILES string of the molecule is COc1cccc(OC2CN(CC(C)C(F)(F)F)C2)c1. The Balaban J connectivity index is 1.76. The number of nitrogens with zero attached hydrogens (tertiary/aromatic N) is 1. The summed E-state index contributed by atoms with van der Waals surface area (Å²) < 4.78 is 48.0. The minimum absolute atomic E-state index is 0.0292. The first kappa shape index (κ1) is 15.0. The Morgan fingerprint density at radius 1 is 1.30 bits per heavy atom. The third-order valence-electron chi connectivity index (χ3n) is 3.36. The van der Waals surface area contributed by atoms with Crippen molar-refractivity contribution in [2.45, 2.75) is 19.2 Å². The standard InChI is InChI=1S/C14H18F3NO2/c1-10(14(15,16)17)7-18-8-13(9-18)20-12-5-3-4-11(6-12)19-2/h3-6,10,13H,7-9H2,1-2H3. The molecule has 1 unspecified atom stereocenters. The number of hydrogen-bond acceptors (Lipinski definition) is 3. The summed E-state index contributed by atoms with van der Waals surface area (Å²) in [7, 11) is 1.57. The number of ether oxygens (including phenoxy) is 2. The molecule has 1 heterocycles. The lowest BCUT2D eigenvalue weighted by atomic mass is 10.1. The lowest BCUT2D eigenvalue weighted by molar-refractivity contribution is -0.179. The van der Waals surface area contributed by atoms with Crippen molar-refractivity contribution >= 4 is 0 Å². The van der Waals surface area contributed by atoms with Crippen molar-refractivity contribution in [3.05, 3.63) is 24.3 Å². The molecule has 0 N–H and O–H groups in total. The van der Waals surface area contributed by atoms with Crippen LogP contribution in [0, 0.1) is 5.92 Å². The Morgan fingerprint density at radius 3 is 2.55 bits per heavy atom. The van der Waals surface area contributed by atoms with Gasteiger partial charge in [-0.2, -0.15) is 13.2 Å². The summed E-state index contributed by atoms with van der Waals surface area (Å²) in [4.78, 5) is 1.75. The molecule has 0 radical (unpaired) electrons. The summed E-state index contributed by atoms with van der Waals surface area (Å²) in [5.74, 6) is 0.0718. The van der Waals surface area contributed by atoms with E-state index in [1.54, 1.807) is 18.1 Å². The molecule has 1 aliphatic rings. The summed E-state index contributed by atoms with van der Waals surface area (Å²) >= 11 is 0. The van der Waals surface area contributed by atoms with Gasteiger partial charge in [0.1, 0.15) is 17.6 Å². The highest BCUT2D eigenvalue weighted by atomic mass is 19.4. The lowest BCUT2D eigenvalue weighted by Gasteiger charge is -2.40. The van der Waals surface area contributed by atoms with E-state index < -0.39 is 12.1 Å². The van der Waals surface area contributed by atoms with Crippen LogP contribution in [-0.2, 0) is 0 Å². The highest BCUT2D eigenvalue weighted by Gasteiger charge is 2.39. The highest BCUT2D eigenvalue weighted by Crippen LogP contribution is 2.28. The predicted molar refractivity (Wildman–Crippen MR) is 69.1 cm³/mol. The maximum Gasteiger partial charge on any atom is 0.392 e. The summed E-state index contributed by atoms with van der Waals surface area (Å²) in [6.07, 6.45) is -4.18. The topological polar surface area (TPSA) is 21.7 Å². The minimum atomic E-state index is -4.13. The first-order valence-corrected chi connectivity index (χ1v) is 6.48. The summed E-state index contributed by atoms with van der Waals surface area (Å²) in [6.45, 7) is 2.28. The van der Waals surface area contributed by atoms with Gasteiger partial charge in [0.05, 0.1) is 13.0 Å². The molecular weight excluding hydrogens is 271 g/mol. The number of alkyl halides is 3. The fourth-order valence-electron chi connectivity index (χ4n) is 2.10. The lowest BCUT2D eigenvalue weighted by Crippen LogP contribution is -2.55. The summed E-state index contributed by atoms with van der Waals surface area (Å²) in [5, 5.41) is 0. The van der Waals surface area contributed by atoms with Gasteiger partial charge in [0.15, 0.2) is 0 Å². The molecule has 1 atom stereocenters. The van der Waals surface area contributed by atoms with E-state index in [-0.39, 0.29) is 12.6 Å². The highest BCUT2D eigenvalue weighted by molar-refractivity contribution is 5.33. The number of benzene rings is 1. The van der Waals surface area contributed by atoms with Crippen molar-refractivity contribution in [3.63, 3.8) is 0 Å². The van der Waals surface area contributed by atoms with Crippen LogP contribution in [-0.4, -0.2) is 43.9 Å². The van der Waals surface area contributed by atoms with Gasteiger partial charge >= 0.3 is 6.18 Å². The van der Waals surface area contributed by atoms with Gasteiger partial charge in [-0.25, -0.2) is 0 Å². The van der Waals surface area contributed by atoms with Gasteiger partial charge in [0.2, 0.25) is 0 Å². The molecule has 0 amide bonds. The van der Waals surface area contributed by atoms with E-state index in [4.69, 9.17) is 9.47 Å². The fraction of sp³-hybridized carbons (Fsp3) is 0.571.